The van der Waals surface area contributed by atoms with Crippen LogP contribution in [0.1, 0.15) is 44.9 Å². The molecule has 2 aromatic rings. The summed E-state index contributed by atoms with van der Waals surface area (Å²) in [5, 5.41) is 28.9. The number of aromatic nitrogens is 1. The van der Waals surface area contributed by atoms with E-state index < -0.39 is 31.2 Å². The lowest BCUT2D eigenvalue weighted by Gasteiger charge is -2.17. The number of alkyl halides is 2. The van der Waals surface area contributed by atoms with E-state index in [1.54, 1.807) is 0 Å². The minimum absolute atomic E-state index is 0.0408. The Morgan fingerprint density at radius 3 is 2.33 bits per heavy atom. The zero-order valence-electron chi connectivity index (χ0n) is 14.8. The zero-order valence-corrected chi connectivity index (χ0v) is 14.8. The summed E-state index contributed by atoms with van der Waals surface area (Å²) in [6.45, 7) is -1.30. The first-order valence-corrected chi connectivity index (χ1v) is 8.22. The molecule has 0 bridgehead atoms. The highest BCUT2D eigenvalue weighted by atomic mass is 19.3. The molecule has 0 spiro atoms. The number of esters is 1. The molecule has 0 aliphatic heterocycles. The minimum atomic E-state index is -3.00. The van der Waals surface area contributed by atoms with Crippen LogP contribution in [0.3, 0.4) is 0 Å². The minimum Gasteiger partial charge on any atom is -0.464 e. The number of aromatic amines is 1. The number of nitrogens with one attached hydrogen (secondary N) is 1. The molecular weight excluding hydrogens is 362 g/mol. The van der Waals surface area contributed by atoms with Crippen LogP contribution in [0.5, 0.6) is 0 Å². The van der Waals surface area contributed by atoms with E-state index in [1.807, 2.05) is 0 Å². The van der Waals surface area contributed by atoms with Gasteiger partial charge in [-0.05, 0) is 28.8 Å². The van der Waals surface area contributed by atoms with E-state index in [0.29, 0.717) is 11.3 Å². The number of aliphatic hydroxyl groups is 3. The highest BCUT2D eigenvalue weighted by molar-refractivity contribution is 5.93. The third-order valence-electron chi connectivity index (χ3n) is 4.40. The Bertz CT molecular complexity index is 821. The first-order valence-electron chi connectivity index (χ1n) is 8.22. The van der Waals surface area contributed by atoms with Gasteiger partial charge in [0.15, 0.2) is 0 Å². The standard InChI is InChI=1S/C18H22F2N2O5/c1-27-18(26)16-15(17(19)20)14(13(22-16)4-5-21)10-3-2-9(6-23)11(7-24)12(10)8-25/h2-3,17,22-25H,4-8,21H2,1H3. The molecule has 148 valence electrons. The molecule has 1 aromatic carbocycles. The molecule has 9 heteroatoms. The van der Waals surface area contributed by atoms with Crippen molar-refractivity contribution in [2.75, 3.05) is 13.7 Å². The van der Waals surface area contributed by atoms with E-state index in [2.05, 4.69) is 9.72 Å². The van der Waals surface area contributed by atoms with Gasteiger partial charge in [0.1, 0.15) is 5.69 Å². The van der Waals surface area contributed by atoms with Crippen LogP contribution in [0.15, 0.2) is 12.1 Å². The van der Waals surface area contributed by atoms with E-state index in [1.165, 1.54) is 12.1 Å². The number of carbonyl (C=O) groups is 1. The van der Waals surface area contributed by atoms with Gasteiger partial charge in [0.05, 0.1) is 32.5 Å². The number of H-pyrrole nitrogens is 1. The second-order valence-corrected chi connectivity index (χ2v) is 5.80. The van der Waals surface area contributed by atoms with Crippen LogP contribution >= 0.6 is 0 Å². The summed E-state index contributed by atoms with van der Waals surface area (Å²) in [5.74, 6) is -0.949. The lowest BCUT2D eigenvalue weighted by molar-refractivity contribution is 0.0583. The number of methoxy groups -OCH3 is 1. The number of carbonyl (C=O) groups excluding carboxylic acids is 1. The maximum atomic E-state index is 13.9. The van der Waals surface area contributed by atoms with Crippen molar-refractivity contribution in [2.24, 2.45) is 5.73 Å². The molecule has 0 unspecified atom stereocenters. The molecular formula is C18H22F2N2O5. The summed E-state index contributed by atoms with van der Waals surface area (Å²) in [6.07, 6.45) is -2.83. The van der Waals surface area contributed by atoms with Crippen LogP contribution in [-0.4, -0.2) is 39.9 Å². The second-order valence-electron chi connectivity index (χ2n) is 5.80. The summed E-state index contributed by atoms with van der Waals surface area (Å²) < 4.78 is 32.3. The maximum absolute atomic E-state index is 13.9. The molecule has 27 heavy (non-hydrogen) atoms. The summed E-state index contributed by atoms with van der Waals surface area (Å²) in [5.41, 5.74) is 6.01. The van der Waals surface area contributed by atoms with E-state index in [-0.39, 0.29) is 47.5 Å². The van der Waals surface area contributed by atoms with Gasteiger partial charge >= 0.3 is 5.97 Å². The normalized spacial score (nSPS) is 11.3. The Kier molecular flexibility index (Phi) is 7.03. The van der Waals surface area contributed by atoms with Crippen molar-refractivity contribution in [1.29, 1.82) is 0 Å². The molecule has 0 aliphatic rings. The number of ether oxygens (including phenoxy) is 1. The molecule has 6 N–H and O–H groups in total. The number of hydrogen-bond acceptors (Lipinski definition) is 6. The van der Waals surface area contributed by atoms with E-state index >= 15 is 0 Å². The van der Waals surface area contributed by atoms with E-state index in [0.717, 1.165) is 7.11 Å². The van der Waals surface area contributed by atoms with Gasteiger partial charge in [0.2, 0.25) is 0 Å². The van der Waals surface area contributed by atoms with Crippen molar-refractivity contribution in [3.63, 3.8) is 0 Å². The predicted octanol–water partition coefficient (Wildman–Crippen LogP) is 1.38. The number of halogens is 2. The average Bonchev–Trinajstić information content (AvgIpc) is 3.05. The smallest absolute Gasteiger partial charge is 0.354 e. The predicted molar refractivity (Wildman–Crippen MR) is 93.1 cm³/mol. The molecule has 0 radical (unpaired) electrons. The lowest BCUT2D eigenvalue weighted by Crippen LogP contribution is -2.07. The maximum Gasteiger partial charge on any atom is 0.354 e. The molecule has 0 amide bonds. The number of benzene rings is 1. The molecule has 0 atom stereocenters. The van der Waals surface area contributed by atoms with Crippen molar-refractivity contribution in [3.05, 3.63) is 45.8 Å². The molecule has 2 rings (SSSR count). The Morgan fingerprint density at radius 2 is 1.85 bits per heavy atom. The van der Waals surface area contributed by atoms with E-state index in [4.69, 9.17) is 5.73 Å². The first-order chi connectivity index (χ1) is 12.9. The fourth-order valence-corrected chi connectivity index (χ4v) is 3.19. The molecule has 0 fully saturated rings. The van der Waals surface area contributed by atoms with Crippen molar-refractivity contribution in [2.45, 2.75) is 32.7 Å². The Hall–Kier alpha value is -2.33. The van der Waals surface area contributed by atoms with Crippen LogP contribution in [-0.2, 0) is 31.0 Å². The molecule has 1 aromatic heterocycles. The molecule has 0 saturated heterocycles. The van der Waals surface area contributed by atoms with Gasteiger partial charge < -0.3 is 30.8 Å². The Balaban J connectivity index is 2.88. The monoisotopic (exact) mass is 384 g/mol. The van der Waals surface area contributed by atoms with Gasteiger partial charge in [-0.15, -0.1) is 0 Å². The second kappa shape index (κ2) is 9.05. The van der Waals surface area contributed by atoms with Gasteiger partial charge in [0.25, 0.3) is 6.43 Å². The van der Waals surface area contributed by atoms with Crippen LogP contribution in [0, 0.1) is 0 Å². The number of aliphatic hydroxyl groups excluding tert-OH is 3. The topological polar surface area (TPSA) is 129 Å². The van der Waals surface area contributed by atoms with Crippen molar-refractivity contribution < 1.29 is 33.6 Å². The number of nitrogens with two attached hydrogens (primary N) is 1. The number of rotatable bonds is 8. The third-order valence-corrected chi connectivity index (χ3v) is 4.40. The Labute approximate surface area is 154 Å². The largest absolute Gasteiger partial charge is 0.464 e. The first kappa shape index (κ1) is 21.0. The van der Waals surface area contributed by atoms with Gasteiger partial charge in [-0.25, -0.2) is 13.6 Å². The highest BCUT2D eigenvalue weighted by Gasteiger charge is 2.30. The fraction of sp³-hybridized carbons (Fsp3) is 0.389. The van der Waals surface area contributed by atoms with Crippen LogP contribution < -0.4 is 5.73 Å². The third kappa shape index (κ3) is 3.86. The summed E-state index contributed by atoms with van der Waals surface area (Å²) in [7, 11) is 1.08. The van der Waals surface area contributed by atoms with Crippen molar-refractivity contribution in [3.8, 4) is 11.1 Å². The lowest BCUT2D eigenvalue weighted by atomic mass is 9.90. The molecule has 1 heterocycles. The van der Waals surface area contributed by atoms with Gasteiger partial charge in [0, 0.05) is 17.7 Å². The van der Waals surface area contributed by atoms with Gasteiger partial charge in [-0.2, -0.15) is 0 Å². The van der Waals surface area contributed by atoms with Gasteiger partial charge in [-0.3, -0.25) is 0 Å². The molecule has 7 nitrogen and oxygen atoms in total. The van der Waals surface area contributed by atoms with Crippen molar-refractivity contribution >= 4 is 5.97 Å². The summed E-state index contributed by atoms with van der Waals surface area (Å²) >= 11 is 0. The molecule has 0 aliphatic carbocycles. The van der Waals surface area contributed by atoms with Crippen LogP contribution in [0.2, 0.25) is 0 Å². The number of hydrogen-bond donors (Lipinski definition) is 5. The average molecular weight is 384 g/mol. The Morgan fingerprint density at radius 1 is 1.19 bits per heavy atom. The summed E-state index contributed by atoms with van der Waals surface area (Å²) in [4.78, 5) is 14.6. The summed E-state index contributed by atoms with van der Waals surface area (Å²) in [6, 6.07) is 2.94. The highest BCUT2D eigenvalue weighted by Crippen LogP contribution is 2.40. The van der Waals surface area contributed by atoms with Crippen LogP contribution in [0.25, 0.3) is 11.1 Å². The van der Waals surface area contributed by atoms with Crippen LogP contribution in [0.4, 0.5) is 8.78 Å². The fourth-order valence-electron chi connectivity index (χ4n) is 3.19. The van der Waals surface area contributed by atoms with Gasteiger partial charge in [-0.1, -0.05) is 12.1 Å². The molecule has 0 saturated carbocycles. The SMILES string of the molecule is COC(=O)c1[nH]c(CCN)c(-c2ccc(CO)c(CO)c2CO)c1C(F)F. The quantitative estimate of drug-likeness (QED) is 0.438. The zero-order chi connectivity index (χ0) is 20.1. The van der Waals surface area contributed by atoms with Crippen molar-refractivity contribution in [1.82, 2.24) is 4.98 Å². The van der Waals surface area contributed by atoms with E-state index in [9.17, 15) is 28.9 Å².